The third-order valence-corrected chi connectivity index (χ3v) is 6.36. The lowest BCUT2D eigenvalue weighted by Crippen LogP contribution is -2.50. The summed E-state index contributed by atoms with van der Waals surface area (Å²) in [6, 6.07) is 5.91. The van der Waals surface area contributed by atoms with Crippen molar-refractivity contribution in [3.63, 3.8) is 0 Å². The van der Waals surface area contributed by atoms with Crippen LogP contribution < -0.4 is 15.5 Å². The summed E-state index contributed by atoms with van der Waals surface area (Å²) in [6.45, 7) is 8.90. The van der Waals surface area contributed by atoms with Crippen molar-refractivity contribution in [1.82, 2.24) is 19.3 Å². The summed E-state index contributed by atoms with van der Waals surface area (Å²) in [5, 5.41) is 5.93. The van der Waals surface area contributed by atoms with Crippen molar-refractivity contribution in [2.75, 3.05) is 41.7 Å². The molecule has 1 saturated carbocycles. The number of ether oxygens (including phenoxy) is 1. The maximum Gasteiger partial charge on any atom is 0.410 e. The van der Waals surface area contributed by atoms with Crippen LogP contribution in [0.2, 0.25) is 0 Å². The molecular formula is C26H33N7O3. The van der Waals surface area contributed by atoms with E-state index in [-0.39, 0.29) is 6.09 Å². The maximum atomic E-state index is 12.5. The Labute approximate surface area is 210 Å². The molecule has 0 radical (unpaired) electrons. The summed E-state index contributed by atoms with van der Waals surface area (Å²) in [5.74, 6) is 1.10. The number of imidazole rings is 1. The highest BCUT2D eigenvalue weighted by molar-refractivity contribution is 5.73. The van der Waals surface area contributed by atoms with Crippen molar-refractivity contribution in [3.05, 3.63) is 48.0 Å². The van der Waals surface area contributed by atoms with E-state index >= 15 is 0 Å². The van der Waals surface area contributed by atoms with Gasteiger partial charge in [-0.1, -0.05) is 0 Å². The zero-order valence-electron chi connectivity index (χ0n) is 21.0. The lowest BCUT2D eigenvalue weighted by Gasteiger charge is -2.37. The molecule has 0 bridgehead atoms. The number of carbonyl (C=O) groups excluding carboxylic acids is 2. The van der Waals surface area contributed by atoms with Gasteiger partial charge in [-0.3, -0.25) is 4.79 Å². The predicted octanol–water partition coefficient (Wildman–Crippen LogP) is 3.84. The van der Waals surface area contributed by atoms with Crippen molar-refractivity contribution in [2.45, 2.75) is 51.7 Å². The van der Waals surface area contributed by atoms with Gasteiger partial charge in [-0.2, -0.15) is 0 Å². The van der Waals surface area contributed by atoms with E-state index in [1.807, 2.05) is 26.8 Å². The molecule has 0 unspecified atom stereocenters. The Kier molecular flexibility index (Phi) is 6.42. The summed E-state index contributed by atoms with van der Waals surface area (Å²) in [4.78, 5) is 36.4. The minimum atomic E-state index is -0.498. The van der Waals surface area contributed by atoms with Crippen LogP contribution in [0.1, 0.15) is 50.8 Å². The van der Waals surface area contributed by atoms with Crippen molar-refractivity contribution in [2.24, 2.45) is 0 Å². The van der Waals surface area contributed by atoms with Gasteiger partial charge in [-0.25, -0.2) is 14.8 Å². The fourth-order valence-electron chi connectivity index (χ4n) is 4.44. The second-order valence-electron chi connectivity index (χ2n) is 10.4. The van der Waals surface area contributed by atoms with Crippen LogP contribution in [-0.4, -0.2) is 63.6 Å². The average Bonchev–Trinajstić information content (AvgIpc) is 3.61. The number of piperazine rings is 1. The topological polar surface area (TPSA) is 104 Å². The molecule has 0 atom stereocenters. The normalized spacial score (nSPS) is 16.2. The molecule has 10 heteroatoms. The summed E-state index contributed by atoms with van der Waals surface area (Å²) < 4.78 is 7.69. The minimum Gasteiger partial charge on any atom is -0.444 e. The van der Waals surface area contributed by atoms with Gasteiger partial charge >= 0.3 is 6.09 Å². The summed E-state index contributed by atoms with van der Waals surface area (Å²) in [7, 11) is 0. The molecule has 36 heavy (non-hydrogen) atoms. The van der Waals surface area contributed by atoms with E-state index in [9.17, 15) is 9.59 Å². The van der Waals surface area contributed by atoms with Crippen molar-refractivity contribution in [3.8, 4) is 0 Å². The first kappa shape index (κ1) is 23.9. The van der Waals surface area contributed by atoms with E-state index in [1.54, 1.807) is 17.2 Å². The number of aromatic nitrogens is 3. The maximum absolute atomic E-state index is 12.5. The van der Waals surface area contributed by atoms with E-state index < -0.39 is 5.60 Å². The molecule has 2 N–H and O–H groups in total. The Morgan fingerprint density at radius 3 is 2.64 bits per heavy atom. The molecule has 0 spiro atoms. The largest absolute Gasteiger partial charge is 0.444 e. The number of fused-ring (bicyclic) bond motifs is 1. The van der Waals surface area contributed by atoms with Crippen LogP contribution in [0.3, 0.4) is 0 Å². The minimum absolute atomic E-state index is 0.254. The summed E-state index contributed by atoms with van der Waals surface area (Å²) in [6.07, 6.45) is 8.72. The monoisotopic (exact) mass is 491 g/mol. The average molecular weight is 492 g/mol. The van der Waals surface area contributed by atoms with Crippen LogP contribution in [0.25, 0.3) is 5.65 Å². The molecule has 2 aliphatic rings. The molecule has 2 amide bonds. The van der Waals surface area contributed by atoms with E-state index in [0.717, 1.165) is 35.8 Å². The molecule has 3 aromatic heterocycles. The second kappa shape index (κ2) is 9.67. The number of rotatable bonds is 7. The second-order valence-corrected chi connectivity index (χ2v) is 10.4. The number of nitrogens with zero attached hydrogens (tertiary/aromatic N) is 5. The van der Waals surface area contributed by atoms with Gasteiger partial charge < -0.3 is 29.6 Å². The molecule has 0 aromatic carbocycles. The van der Waals surface area contributed by atoms with Crippen LogP contribution in [0.5, 0.6) is 0 Å². The van der Waals surface area contributed by atoms with E-state index in [1.165, 1.54) is 18.4 Å². The molecule has 1 aliphatic heterocycles. The number of carbonyl (C=O) groups is 2. The Hall–Kier alpha value is -3.82. The van der Waals surface area contributed by atoms with Crippen LogP contribution >= 0.6 is 0 Å². The third-order valence-electron chi connectivity index (χ3n) is 6.36. The number of hydrogen-bond acceptors (Lipinski definition) is 7. The Morgan fingerprint density at radius 2 is 1.94 bits per heavy atom. The zero-order chi connectivity index (χ0) is 25.3. The first-order valence-electron chi connectivity index (χ1n) is 12.4. The van der Waals surface area contributed by atoms with Gasteiger partial charge in [-0.05, 0) is 57.2 Å². The standard InChI is InChI=1S/C26H33N7O3/c1-26(2,3)36-25(35)32-10-8-31(9-11-32)22-12-19(18-4-5-18)15-33-16-21(30-24(22)33)14-28-20-6-7-27-23(13-20)29-17-34/h6-7,12-13,15-18H,4-5,8-11,14H2,1-3H3,(H2,27,28,29,34). The summed E-state index contributed by atoms with van der Waals surface area (Å²) >= 11 is 0. The van der Waals surface area contributed by atoms with Crippen molar-refractivity contribution >= 4 is 35.3 Å². The molecule has 1 saturated heterocycles. The molecule has 4 heterocycles. The summed E-state index contributed by atoms with van der Waals surface area (Å²) in [5.41, 5.74) is 4.63. The molecule has 5 rings (SSSR count). The Balaban J connectivity index is 1.33. The first-order valence-corrected chi connectivity index (χ1v) is 12.4. The van der Waals surface area contributed by atoms with Crippen LogP contribution in [0, 0.1) is 0 Å². The lowest BCUT2D eigenvalue weighted by atomic mass is 10.1. The quantitative estimate of drug-likeness (QED) is 0.484. The number of pyridine rings is 2. The highest BCUT2D eigenvalue weighted by Gasteiger charge is 2.29. The van der Waals surface area contributed by atoms with Gasteiger partial charge in [-0.15, -0.1) is 0 Å². The smallest absolute Gasteiger partial charge is 0.410 e. The van der Waals surface area contributed by atoms with E-state index in [4.69, 9.17) is 9.72 Å². The van der Waals surface area contributed by atoms with Gasteiger partial charge in [0.1, 0.15) is 11.4 Å². The van der Waals surface area contributed by atoms with Gasteiger partial charge in [0.15, 0.2) is 5.65 Å². The number of hydrogen-bond donors (Lipinski definition) is 2. The molecule has 1 aliphatic carbocycles. The van der Waals surface area contributed by atoms with Crippen LogP contribution in [0.4, 0.5) is 22.0 Å². The van der Waals surface area contributed by atoms with Gasteiger partial charge in [0, 0.05) is 56.5 Å². The van der Waals surface area contributed by atoms with Gasteiger partial charge in [0.2, 0.25) is 6.41 Å². The van der Waals surface area contributed by atoms with Crippen molar-refractivity contribution in [1.29, 1.82) is 0 Å². The van der Waals surface area contributed by atoms with E-state index in [0.29, 0.717) is 37.8 Å². The highest BCUT2D eigenvalue weighted by Crippen LogP contribution is 2.42. The van der Waals surface area contributed by atoms with Crippen molar-refractivity contribution < 1.29 is 14.3 Å². The molecule has 10 nitrogen and oxygen atoms in total. The fourth-order valence-corrected chi connectivity index (χ4v) is 4.44. The number of anilines is 3. The molecule has 190 valence electrons. The lowest BCUT2D eigenvalue weighted by molar-refractivity contribution is -0.105. The van der Waals surface area contributed by atoms with E-state index in [2.05, 4.69) is 43.4 Å². The highest BCUT2D eigenvalue weighted by atomic mass is 16.6. The third kappa shape index (κ3) is 5.53. The van der Waals surface area contributed by atoms with Gasteiger partial charge in [0.05, 0.1) is 17.9 Å². The van der Waals surface area contributed by atoms with Crippen LogP contribution in [0.15, 0.2) is 36.8 Å². The fraction of sp³-hybridized carbons (Fsp3) is 0.462. The van der Waals surface area contributed by atoms with Gasteiger partial charge in [0.25, 0.3) is 0 Å². The predicted molar refractivity (Wildman–Crippen MR) is 138 cm³/mol. The first-order chi connectivity index (χ1) is 17.3. The molecule has 2 fully saturated rings. The Morgan fingerprint density at radius 1 is 1.17 bits per heavy atom. The number of nitrogens with one attached hydrogen (secondary N) is 2. The number of amides is 2. The Bertz CT molecular complexity index is 1250. The SMILES string of the molecule is CC(C)(C)OC(=O)N1CCN(c2cc(C3CC3)cn3cc(CNc4ccnc(NC=O)c4)nc23)CC1. The zero-order valence-corrected chi connectivity index (χ0v) is 21.0. The van der Waals surface area contributed by atoms with Crippen LogP contribution in [-0.2, 0) is 16.1 Å². The molecule has 3 aromatic rings. The molecular weight excluding hydrogens is 458 g/mol.